The van der Waals surface area contributed by atoms with Gasteiger partial charge in [0.1, 0.15) is 5.60 Å². The quantitative estimate of drug-likeness (QED) is 0.808. The molecule has 5 heteroatoms. The van der Waals surface area contributed by atoms with Crippen LogP contribution in [0.3, 0.4) is 0 Å². The van der Waals surface area contributed by atoms with E-state index in [4.69, 9.17) is 4.74 Å². The molecular weight excluding hydrogens is 290 g/mol. The number of hydrogen-bond donors (Lipinski definition) is 2. The fourth-order valence-electron chi connectivity index (χ4n) is 2.18. The van der Waals surface area contributed by atoms with Gasteiger partial charge in [0.05, 0.1) is 5.69 Å². The number of pyridine rings is 1. The van der Waals surface area contributed by atoms with E-state index in [0.29, 0.717) is 19.0 Å². The molecule has 0 aliphatic rings. The highest BCUT2D eigenvalue weighted by Gasteiger charge is 2.18. The maximum absolute atomic E-state index is 11.8. The number of carbonyl (C=O) groups is 1. The summed E-state index contributed by atoms with van der Waals surface area (Å²) in [4.78, 5) is 16.2. The van der Waals surface area contributed by atoms with Crippen LogP contribution in [0.25, 0.3) is 0 Å². The van der Waals surface area contributed by atoms with Crippen molar-refractivity contribution in [2.24, 2.45) is 5.92 Å². The fraction of sp³-hybridized carbons (Fsp3) is 0.667. The van der Waals surface area contributed by atoms with E-state index in [9.17, 15) is 4.79 Å². The summed E-state index contributed by atoms with van der Waals surface area (Å²) in [7, 11) is 0. The second-order valence-corrected chi connectivity index (χ2v) is 7.42. The number of nitrogens with one attached hydrogen (secondary N) is 2. The largest absolute Gasteiger partial charge is 0.444 e. The molecule has 0 radical (unpaired) electrons. The topological polar surface area (TPSA) is 63.2 Å². The van der Waals surface area contributed by atoms with Gasteiger partial charge in [0.2, 0.25) is 0 Å². The van der Waals surface area contributed by atoms with Gasteiger partial charge in [0, 0.05) is 25.3 Å². The van der Waals surface area contributed by atoms with Crippen molar-refractivity contribution in [1.29, 1.82) is 0 Å². The van der Waals surface area contributed by atoms with Crippen LogP contribution in [-0.4, -0.2) is 29.3 Å². The molecule has 1 unspecified atom stereocenters. The molecule has 1 heterocycles. The Morgan fingerprint density at radius 2 is 2.00 bits per heavy atom. The smallest absolute Gasteiger partial charge is 0.407 e. The summed E-state index contributed by atoms with van der Waals surface area (Å²) in [6, 6.07) is 4.27. The van der Waals surface area contributed by atoms with Gasteiger partial charge in [-0.15, -0.1) is 0 Å². The first kappa shape index (κ1) is 19.4. The van der Waals surface area contributed by atoms with Gasteiger partial charge in [-0.2, -0.15) is 0 Å². The standard InChI is InChI=1S/C18H31N3O2/c1-13(2)9-16(12-21-17(22)23-18(4,5)6)20-11-15-8-7-14(3)10-19-15/h7-8,10,13,16,20H,9,11-12H2,1-6H3,(H,21,22). The molecule has 0 aromatic carbocycles. The Bertz CT molecular complexity index is 478. The Balaban J connectivity index is 2.48. The molecule has 0 fully saturated rings. The van der Waals surface area contributed by atoms with Crippen molar-refractivity contribution < 1.29 is 9.53 Å². The van der Waals surface area contributed by atoms with E-state index in [0.717, 1.165) is 17.7 Å². The lowest BCUT2D eigenvalue weighted by molar-refractivity contribution is 0.0520. The first-order chi connectivity index (χ1) is 10.7. The fourth-order valence-corrected chi connectivity index (χ4v) is 2.18. The molecule has 0 spiro atoms. The Hall–Kier alpha value is -1.62. The van der Waals surface area contributed by atoms with E-state index < -0.39 is 5.60 Å². The van der Waals surface area contributed by atoms with Gasteiger partial charge in [-0.05, 0) is 51.7 Å². The van der Waals surface area contributed by atoms with Crippen LogP contribution in [0.4, 0.5) is 4.79 Å². The van der Waals surface area contributed by atoms with Crippen molar-refractivity contribution in [3.8, 4) is 0 Å². The summed E-state index contributed by atoms with van der Waals surface area (Å²) in [5, 5.41) is 6.32. The molecule has 1 amide bonds. The number of amides is 1. The molecule has 0 bridgehead atoms. The minimum absolute atomic E-state index is 0.186. The summed E-state index contributed by atoms with van der Waals surface area (Å²) >= 11 is 0. The third kappa shape index (κ3) is 9.18. The minimum atomic E-state index is -0.475. The maximum atomic E-state index is 11.8. The summed E-state index contributed by atoms with van der Waals surface area (Å²) in [5.41, 5.74) is 1.68. The molecule has 130 valence electrons. The average Bonchev–Trinajstić information content (AvgIpc) is 2.41. The third-order valence-electron chi connectivity index (χ3n) is 3.19. The molecule has 5 nitrogen and oxygen atoms in total. The number of carbonyl (C=O) groups excluding carboxylic acids is 1. The minimum Gasteiger partial charge on any atom is -0.444 e. The van der Waals surface area contributed by atoms with E-state index in [-0.39, 0.29) is 12.1 Å². The van der Waals surface area contributed by atoms with Gasteiger partial charge in [-0.25, -0.2) is 4.79 Å². The lowest BCUT2D eigenvalue weighted by atomic mass is 10.0. The molecule has 2 N–H and O–H groups in total. The number of hydrogen-bond acceptors (Lipinski definition) is 4. The van der Waals surface area contributed by atoms with Gasteiger partial charge >= 0.3 is 6.09 Å². The Morgan fingerprint density at radius 3 is 2.52 bits per heavy atom. The highest BCUT2D eigenvalue weighted by molar-refractivity contribution is 5.67. The van der Waals surface area contributed by atoms with Gasteiger partial charge in [-0.1, -0.05) is 19.9 Å². The predicted octanol–water partition coefficient (Wildman–Crippen LogP) is 3.42. The van der Waals surface area contributed by atoms with Crippen molar-refractivity contribution >= 4 is 6.09 Å². The van der Waals surface area contributed by atoms with Crippen LogP contribution in [0.2, 0.25) is 0 Å². The molecule has 1 rings (SSSR count). The van der Waals surface area contributed by atoms with Crippen LogP contribution in [-0.2, 0) is 11.3 Å². The molecular formula is C18H31N3O2. The van der Waals surface area contributed by atoms with E-state index >= 15 is 0 Å². The lowest BCUT2D eigenvalue weighted by Crippen LogP contribution is -2.43. The number of nitrogens with zero attached hydrogens (tertiary/aromatic N) is 1. The van der Waals surface area contributed by atoms with Crippen molar-refractivity contribution in [2.45, 2.75) is 66.2 Å². The molecule has 0 aliphatic heterocycles. The van der Waals surface area contributed by atoms with Crippen LogP contribution in [0.15, 0.2) is 18.3 Å². The van der Waals surface area contributed by atoms with Gasteiger partial charge in [0.25, 0.3) is 0 Å². The number of alkyl carbamates (subject to hydrolysis) is 1. The van der Waals surface area contributed by atoms with Gasteiger partial charge in [-0.3, -0.25) is 4.98 Å². The van der Waals surface area contributed by atoms with Gasteiger partial charge in [0.15, 0.2) is 0 Å². The second kappa shape index (κ2) is 8.87. The Labute approximate surface area is 140 Å². The maximum Gasteiger partial charge on any atom is 0.407 e. The first-order valence-electron chi connectivity index (χ1n) is 8.27. The summed E-state index contributed by atoms with van der Waals surface area (Å²) in [6.45, 7) is 13.2. The normalized spacial score (nSPS) is 13.0. The molecule has 1 aromatic heterocycles. The molecule has 0 saturated carbocycles. The Morgan fingerprint density at radius 1 is 1.30 bits per heavy atom. The van der Waals surface area contributed by atoms with Crippen molar-refractivity contribution in [1.82, 2.24) is 15.6 Å². The number of aryl methyl sites for hydroxylation is 1. The Kier molecular flexibility index (Phi) is 7.49. The molecule has 0 saturated heterocycles. The zero-order valence-corrected chi connectivity index (χ0v) is 15.3. The van der Waals surface area contributed by atoms with Gasteiger partial charge < -0.3 is 15.4 Å². The van der Waals surface area contributed by atoms with E-state index in [1.54, 1.807) is 0 Å². The summed E-state index contributed by atoms with van der Waals surface area (Å²) in [5.74, 6) is 0.541. The number of ether oxygens (including phenoxy) is 1. The molecule has 1 atom stereocenters. The van der Waals surface area contributed by atoms with Crippen molar-refractivity contribution in [3.05, 3.63) is 29.6 Å². The van der Waals surface area contributed by atoms with E-state index in [2.05, 4.69) is 35.5 Å². The van der Waals surface area contributed by atoms with Crippen LogP contribution in [0, 0.1) is 12.8 Å². The SMILES string of the molecule is Cc1ccc(CNC(CNC(=O)OC(C)(C)C)CC(C)C)nc1. The lowest BCUT2D eigenvalue weighted by Gasteiger charge is -2.23. The molecule has 0 aliphatic carbocycles. The van der Waals surface area contributed by atoms with E-state index in [1.807, 2.05) is 40.0 Å². The number of aromatic nitrogens is 1. The van der Waals surface area contributed by atoms with Crippen LogP contribution in [0.1, 0.15) is 52.3 Å². The predicted molar refractivity (Wildman–Crippen MR) is 93.3 cm³/mol. The van der Waals surface area contributed by atoms with Crippen LogP contribution < -0.4 is 10.6 Å². The van der Waals surface area contributed by atoms with Crippen LogP contribution >= 0.6 is 0 Å². The zero-order valence-electron chi connectivity index (χ0n) is 15.3. The van der Waals surface area contributed by atoms with Crippen LogP contribution in [0.5, 0.6) is 0 Å². The average molecular weight is 321 g/mol. The van der Waals surface area contributed by atoms with Crippen molar-refractivity contribution in [2.75, 3.05) is 6.54 Å². The number of rotatable bonds is 7. The first-order valence-corrected chi connectivity index (χ1v) is 8.27. The highest BCUT2D eigenvalue weighted by Crippen LogP contribution is 2.08. The zero-order chi connectivity index (χ0) is 17.5. The monoisotopic (exact) mass is 321 g/mol. The van der Waals surface area contributed by atoms with E-state index in [1.165, 1.54) is 0 Å². The molecule has 1 aromatic rings. The van der Waals surface area contributed by atoms with Crippen molar-refractivity contribution in [3.63, 3.8) is 0 Å². The summed E-state index contributed by atoms with van der Waals surface area (Å²) < 4.78 is 5.28. The third-order valence-corrected chi connectivity index (χ3v) is 3.19. The summed E-state index contributed by atoms with van der Waals surface area (Å²) in [6.07, 6.45) is 2.47. The second-order valence-electron chi connectivity index (χ2n) is 7.42. The molecule has 23 heavy (non-hydrogen) atoms. The highest BCUT2D eigenvalue weighted by atomic mass is 16.6.